The SMILES string of the molecule is CC(C)(C)OC(=O)N1C[C@@H](COc2ccc3c(c2)C(=O)N(C(=O)OC(C)(C)C)C3)[C@H](c2ccc(C#N)cc2)C1. The van der Waals surface area contributed by atoms with Crippen LogP contribution in [0.2, 0.25) is 0 Å². The Morgan fingerprint density at radius 2 is 1.59 bits per heavy atom. The molecule has 0 aromatic heterocycles. The molecule has 0 aliphatic carbocycles. The van der Waals surface area contributed by atoms with E-state index in [4.69, 9.17) is 19.5 Å². The fourth-order valence-corrected chi connectivity index (χ4v) is 4.74. The van der Waals surface area contributed by atoms with E-state index in [1.807, 2.05) is 32.9 Å². The van der Waals surface area contributed by atoms with Crippen molar-refractivity contribution in [2.75, 3.05) is 19.7 Å². The van der Waals surface area contributed by atoms with Crippen molar-refractivity contribution in [3.8, 4) is 11.8 Å². The molecule has 2 aliphatic rings. The number of benzene rings is 2. The fourth-order valence-electron chi connectivity index (χ4n) is 4.74. The first-order chi connectivity index (χ1) is 18.2. The Morgan fingerprint density at radius 3 is 2.21 bits per heavy atom. The van der Waals surface area contributed by atoms with E-state index in [2.05, 4.69) is 6.07 Å². The molecule has 9 nitrogen and oxygen atoms in total. The summed E-state index contributed by atoms with van der Waals surface area (Å²) in [5, 5.41) is 9.17. The first-order valence-corrected chi connectivity index (χ1v) is 13.0. The van der Waals surface area contributed by atoms with Crippen molar-refractivity contribution in [1.82, 2.24) is 9.80 Å². The van der Waals surface area contributed by atoms with Crippen molar-refractivity contribution in [2.24, 2.45) is 5.92 Å². The molecule has 0 radical (unpaired) electrons. The standard InChI is InChI=1S/C30H35N3O6/c1-29(2,3)38-27(35)32-15-22(25(17-32)20-9-7-19(14-31)8-10-20)18-37-23-12-11-21-16-33(26(34)24(21)13-23)28(36)39-30(4,5)6/h7-13,22,25H,15-18H2,1-6H3/t22-,25-/m0/s1. The molecule has 2 heterocycles. The Morgan fingerprint density at radius 1 is 0.949 bits per heavy atom. The van der Waals surface area contributed by atoms with Crippen molar-refractivity contribution < 1.29 is 28.6 Å². The maximum Gasteiger partial charge on any atom is 0.417 e. The number of likely N-dealkylation sites (tertiary alicyclic amines) is 1. The maximum absolute atomic E-state index is 12.9. The Kier molecular flexibility index (Phi) is 7.60. The largest absolute Gasteiger partial charge is 0.493 e. The third-order valence-electron chi connectivity index (χ3n) is 6.52. The van der Waals surface area contributed by atoms with Crippen LogP contribution in [0.5, 0.6) is 5.75 Å². The predicted molar refractivity (Wildman–Crippen MR) is 143 cm³/mol. The van der Waals surface area contributed by atoms with Crippen LogP contribution >= 0.6 is 0 Å². The van der Waals surface area contributed by atoms with Gasteiger partial charge in [0.15, 0.2) is 0 Å². The molecule has 2 atom stereocenters. The number of amides is 3. The Labute approximate surface area is 229 Å². The number of carbonyl (C=O) groups excluding carboxylic acids is 3. The van der Waals surface area contributed by atoms with Crippen LogP contribution in [-0.2, 0) is 16.0 Å². The average molecular weight is 534 g/mol. The summed E-state index contributed by atoms with van der Waals surface area (Å²) in [5.41, 5.74) is 1.39. The van der Waals surface area contributed by atoms with Crippen molar-refractivity contribution in [1.29, 1.82) is 5.26 Å². The molecule has 0 N–H and O–H groups in total. The van der Waals surface area contributed by atoms with Crippen LogP contribution in [0, 0.1) is 17.2 Å². The van der Waals surface area contributed by atoms with Gasteiger partial charge in [0.2, 0.25) is 0 Å². The zero-order valence-electron chi connectivity index (χ0n) is 23.3. The number of hydrogen-bond donors (Lipinski definition) is 0. The van der Waals surface area contributed by atoms with Gasteiger partial charge in [0.1, 0.15) is 17.0 Å². The number of nitriles is 1. The Bertz CT molecular complexity index is 1300. The summed E-state index contributed by atoms with van der Waals surface area (Å²) in [5.74, 6) is 0.0104. The zero-order chi connectivity index (χ0) is 28.5. The lowest BCUT2D eigenvalue weighted by Crippen LogP contribution is -2.36. The molecule has 0 unspecified atom stereocenters. The Balaban J connectivity index is 1.48. The summed E-state index contributed by atoms with van der Waals surface area (Å²) in [6.07, 6.45) is -1.06. The molecule has 0 saturated carbocycles. The highest BCUT2D eigenvalue weighted by molar-refractivity contribution is 6.06. The van der Waals surface area contributed by atoms with Gasteiger partial charge in [0.25, 0.3) is 5.91 Å². The van der Waals surface area contributed by atoms with Crippen molar-refractivity contribution in [3.63, 3.8) is 0 Å². The van der Waals surface area contributed by atoms with E-state index in [0.717, 1.165) is 16.0 Å². The minimum atomic E-state index is -0.708. The molecule has 39 heavy (non-hydrogen) atoms. The van der Waals surface area contributed by atoms with Gasteiger partial charge in [0.05, 0.1) is 24.8 Å². The van der Waals surface area contributed by atoms with E-state index in [9.17, 15) is 14.4 Å². The second-order valence-electron chi connectivity index (χ2n) is 12.0. The van der Waals surface area contributed by atoms with Gasteiger partial charge in [-0.25, -0.2) is 14.5 Å². The van der Waals surface area contributed by atoms with Crippen LogP contribution < -0.4 is 4.74 Å². The monoisotopic (exact) mass is 533 g/mol. The molecule has 2 aromatic rings. The van der Waals surface area contributed by atoms with Gasteiger partial charge in [-0.15, -0.1) is 0 Å². The molecule has 1 saturated heterocycles. The smallest absolute Gasteiger partial charge is 0.417 e. The van der Waals surface area contributed by atoms with Gasteiger partial charge in [-0.3, -0.25) is 4.79 Å². The van der Waals surface area contributed by atoms with Gasteiger partial charge >= 0.3 is 12.2 Å². The van der Waals surface area contributed by atoms with Crippen molar-refractivity contribution in [3.05, 3.63) is 64.7 Å². The summed E-state index contributed by atoms with van der Waals surface area (Å²) in [4.78, 5) is 41.1. The average Bonchev–Trinajstić information content (AvgIpc) is 3.42. The van der Waals surface area contributed by atoms with Crippen molar-refractivity contribution >= 4 is 18.1 Å². The van der Waals surface area contributed by atoms with Crippen LogP contribution in [0.25, 0.3) is 0 Å². The molecule has 0 spiro atoms. The van der Waals surface area contributed by atoms with E-state index in [1.165, 1.54) is 0 Å². The first-order valence-electron chi connectivity index (χ1n) is 13.0. The van der Waals surface area contributed by atoms with Crippen LogP contribution in [0.4, 0.5) is 9.59 Å². The highest BCUT2D eigenvalue weighted by Gasteiger charge is 2.39. The van der Waals surface area contributed by atoms with Gasteiger partial charge in [-0.05, 0) is 76.9 Å². The lowest BCUT2D eigenvalue weighted by molar-refractivity contribution is 0.0243. The summed E-state index contributed by atoms with van der Waals surface area (Å²) >= 11 is 0. The van der Waals surface area contributed by atoms with Crippen LogP contribution in [-0.4, -0.2) is 58.8 Å². The predicted octanol–water partition coefficient (Wildman–Crippen LogP) is 5.48. The van der Waals surface area contributed by atoms with Gasteiger partial charge in [-0.1, -0.05) is 18.2 Å². The number of ether oxygens (including phenoxy) is 3. The van der Waals surface area contributed by atoms with E-state index < -0.39 is 23.2 Å². The Hall–Kier alpha value is -4.06. The normalized spacial score (nSPS) is 18.9. The third kappa shape index (κ3) is 6.69. The molecule has 2 aromatic carbocycles. The van der Waals surface area contributed by atoms with Gasteiger partial charge in [0, 0.05) is 30.5 Å². The molecule has 1 fully saturated rings. The van der Waals surface area contributed by atoms with E-state index >= 15 is 0 Å². The molecule has 0 bridgehead atoms. The highest BCUT2D eigenvalue weighted by atomic mass is 16.6. The molecule has 2 aliphatic heterocycles. The lowest BCUT2D eigenvalue weighted by atomic mass is 9.89. The summed E-state index contributed by atoms with van der Waals surface area (Å²) in [7, 11) is 0. The van der Waals surface area contributed by atoms with E-state index in [0.29, 0.717) is 36.6 Å². The van der Waals surface area contributed by atoms with Crippen molar-refractivity contribution in [2.45, 2.75) is 65.2 Å². The van der Waals surface area contributed by atoms with Crippen LogP contribution in [0.3, 0.4) is 0 Å². The molecular weight excluding hydrogens is 498 g/mol. The number of fused-ring (bicyclic) bond motifs is 1. The quantitative estimate of drug-likeness (QED) is 0.512. The summed E-state index contributed by atoms with van der Waals surface area (Å²) in [6.45, 7) is 12.1. The first kappa shape index (κ1) is 28.0. The lowest BCUT2D eigenvalue weighted by Gasteiger charge is -2.24. The fraction of sp³-hybridized carbons (Fsp3) is 0.467. The molecule has 4 rings (SSSR count). The topological polar surface area (TPSA) is 109 Å². The number of nitrogens with zero attached hydrogens (tertiary/aromatic N) is 3. The molecule has 9 heteroatoms. The second-order valence-corrected chi connectivity index (χ2v) is 12.0. The van der Waals surface area contributed by atoms with E-state index in [-0.39, 0.29) is 24.5 Å². The van der Waals surface area contributed by atoms with Crippen LogP contribution in [0.1, 0.15) is 74.5 Å². The number of imide groups is 1. The third-order valence-corrected chi connectivity index (χ3v) is 6.52. The summed E-state index contributed by atoms with van der Waals surface area (Å²) in [6, 6.07) is 14.7. The minimum Gasteiger partial charge on any atom is -0.493 e. The zero-order valence-corrected chi connectivity index (χ0v) is 23.3. The second kappa shape index (κ2) is 10.6. The van der Waals surface area contributed by atoms with Gasteiger partial charge in [-0.2, -0.15) is 5.26 Å². The summed E-state index contributed by atoms with van der Waals surface area (Å²) < 4.78 is 17.1. The molecule has 3 amide bonds. The number of hydrogen-bond acceptors (Lipinski definition) is 7. The molecular formula is C30H35N3O6. The van der Waals surface area contributed by atoms with Crippen LogP contribution in [0.15, 0.2) is 42.5 Å². The number of rotatable bonds is 4. The number of carbonyl (C=O) groups is 3. The minimum absolute atomic E-state index is 0.0241. The van der Waals surface area contributed by atoms with Gasteiger partial charge < -0.3 is 19.1 Å². The maximum atomic E-state index is 12.9. The van der Waals surface area contributed by atoms with E-state index in [1.54, 1.807) is 56.0 Å². The molecule has 206 valence electrons. The highest BCUT2D eigenvalue weighted by Crippen LogP contribution is 2.35.